The molecule has 9 heteroatoms. The number of rotatable bonds is 7. The normalized spacial score (nSPS) is 11.3. The van der Waals surface area contributed by atoms with Crippen LogP contribution in [0.5, 0.6) is 0 Å². The van der Waals surface area contributed by atoms with Crippen molar-refractivity contribution in [2.75, 3.05) is 6.54 Å². The summed E-state index contributed by atoms with van der Waals surface area (Å²) in [4.78, 5) is 11.5. The predicted octanol–water partition coefficient (Wildman–Crippen LogP) is 4.06. The van der Waals surface area contributed by atoms with Crippen molar-refractivity contribution in [1.82, 2.24) is 4.72 Å². The molecule has 0 saturated carbocycles. The fourth-order valence-electron chi connectivity index (χ4n) is 1.92. The van der Waals surface area contributed by atoms with E-state index in [0.717, 1.165) is 5.56 Å². The Labute approximate surface area is 160 Å². The molecule has 25 heavy (non-hydrogen) atoms. The van der Waals surface area contributed by atoms with Crippen LogP contribution in [0.1, 0.15) is 12.0 Å². The van der Waals surface area contributed by atoms with Crippen molar-refractivity contribution in [3.63, 3.8) is 0 Å². The van der Waals surface area contributed by atoms with Gasteiger partial charge in [0.1, 0.15) is 11.5 Å². The van der Waals surface area contributed by atoms with Gasteiger partial charge in [-0.25, -0.2) is 13.1 Å². The number of nitrogens with one attached hydrogen (secondary N) is 1. The first-order valence-electron chi connectivity index (χ1n) is 7.13. The van der Waals surface area contributed by atoms with Crippen molar-refractivity contribution in [2.24, 2.45) is 0 Å². The second-order valence-electron chi connectivity index (χ2n) is 4.99. The number of carbonyl (C=O) groups is 1. The molecule has 0 aliphatic carbocycles. The van der Waals surface area contributed by atoms with E-state index in [9.17, 15) is 13.2 Å². The highest BCUT2D eigenvalue weighted by Gasteiger charge is 2.21. The average molecular weight is 423 g/mol. The quantitative estimate of drug-likeness (QED) is 0.683. The van der Waals surface area contributed by atoms with E-state index in [2.05, 4.69) is 4.72 Å². The maximum atomic E-state index is 12.2. The summed E-state index contributed by atoms with van der Waals surface area (Å²) in [5.41, 5.74) is 0.779. The molecule has 134 valence electrons. The van der Waals surface area contributed by atoms with Crippen molar-refractivity contribution < 1.29 is 17.9 Å². The molecule has 0 unspecified atom stereocenters. The van der Waals surface area contributed by atoms with Crippen LogP contribution < -0.4 is 4.72 Å². The van der Waals surface area contributed by atoms with Crippen LogP contribution in [-0.4, -0.2) is 20.9 Å². The van der Waals surface area contributed by atoms with Gasteiger partial charge >= 0.3 is 5.97 Å². The summed E-state index contributed by atoms with van der Waals surface area (Å²) in [6.07, 6.45) is -0.130. The fourth-order valence-corrected chi connectivity index (χ4v) is 4.21. The number of sulfonamides is 1. The first-order chi connectivity index (χ1) is 11.8. The van der Waals surface area contributed by atoms with Gasteiger partial charge in [-0.15, -0.1) is 0 Å². The SMILES string of the molecule is O=C(CCNS(=O)(=O)c1c(Cl)cccc1Cl)OCc1ccc(Cl)cc1. The minimum atomic E-state index is -3.93. The number of hydrogen-bond donors (Lipinski definition) is 1. The third kappa shape index (κ3) is 5.87. The van der Waals surface area contributed by atoms with Gasteiger partial charge in [-0.05, 0) is 29.8 Å². The van der Waals surface area contributed by atoms with Crippen molar-refractivity contribution in [2.45, 2.75) is 17.9 Å². The summed E-state index contributed by atoms with van der Waals surface area (Å²) < 4.78 is 31.8. The third-order valence-corrected chi connectivity index (χ3v) is 5.79. The van der Waals surface area contributed by atoms with Crippen LogP contribution in [0.2, 0.25) is 15.1 Å². The minimum Gasteiger partial charge on any atom is -0.461 e. The number of ether oxygens (including phenoxy) is 1. The van der Waals surface area contributed by atoms with Crippen LogP contribution >= 0.6 is 34.8 Å². The van der Waals surface area contributed by atoms with Crippen LogP contribution in [0.25, 0.3) is 0 Å². The van der Waals surface area contributed by atoms with Gasteiger partial charge in [0, 0.05) is 11.6 Å². The predicted molar refractivity (Wildman–Crippen MR) is 97.5 cm³/mol. The smallest absolute Gasteiger partial charge is 0.307 e. The fraction of sp³-hybridized carbons (Fsp3) is 0.188. The van der Waals surface area contributed by atoms with Crippen LogP contribution in [0.3, 0.4) is 0 Å². The first kappa shape index (κ1) is 20.0. The number of carbonyl (C=O) groups excluding carboxylic acids is 1. The summed E-state index contributed by atoms with van der Waals surface area (Å²) in [5.74, 6) is -0.539. The Hall–Kier alpha value is -1.31. The molecule has 0 aliphatic rings. The molecule has 0 bridgehead atoms. The van der Waals surface area contributed by atoms with E-state index >= 15 is 0 Å². The van der Waals surface area contributed by atoms with Gasteiger partial charge in [-0.2, -0.15) is 0 Å². The molecule has 0 heterocycles. The molecule has 0 saturated heterocycles. The van der Waals surface area contributed by atoms with E-state index in [1.54, 1.807) is 24.3 Å². The Balaban J connectivity index is 1.85. The lowest BCUT2D eigenvalue weighted by Gasteiger charge is -2.10. The zero-order valence-electron chi connectivity index (χ0n) is 12.8. The van der Waals surface area contributed by atoms with Gasteiger partial charge in [0.2, 0.25) is 10.0 Å². The van der Waals surface area contributed by atoms with Crippen molar-refractivity contribution in [1.29, 1.82) is 0 Å². The summed E-state index contributed by atoms with van der Waals surface area (Å²) in [6.45, 7) is -0.0531. The van der Waals surface area contributed by atoms with Crippen LogP contribution in [-0.2, 0) is 26.2 Å². The van der Waals surface area contributed by atoms with Crippen molar-refractivity contribution in [3.8, 4) is 0 Å². The van der Waals surface area contributed by atoms with Crippen molar-refractivity contribution >= 4 is 50.8 Å². The molecular formula is C16H14Cl3NO4S. The van der Waals surface area contributed by atoms with Gasteiger partial charge in [0.25, 0.3) is 0 Å². The number of esters is 1. The first-order valence-corrected chi connectivity index (χ1v) is 9.75. The van der Waals surface area contributed by atoms with E-state index in [4.69, 9.17) is 39.5 Å². The topological polar surface area (TPSA) is 72.5 Å². The molecule has 2 aromatic carbocycles. The average Bonchev–Trinajstić information content (AvgIpc) is 2.53. The zero-order chi connectivity index (χ0) is 18.4. The largest absolute Gasteiger partial charge is 0.461 e. The molecule has 0 amide bonds. The standard InChI is InChI=1S/C16H14Cl3NO4S/c17-12-6-4-11(5-7-12)10-24-15(21)8-9-20-25(22,23)16-13(18)2-1-3-14(16)19/h1-7,20H,8-10H2. The number of hydrogen-bond acceptors (Lipinski definition) is 4. The second-order valence-corrected chi connectivity index (χ2v) is 7.94. The molecule has 0 aromatic heterocycles. The van der Waals surface area contributed by atoms with E-state index in [0.29, 0.717) is 5.02 Å². The Bertz CT molecular complexity index is 834. The number of benzene rings is 2. The number of halogens is 3. The molecule has 0 aliphatic heterocycles. The minimum absolute atomic E-state index is 0.00492. The highest BCUT2D eigenvalue weighted by Crippen LogP contribution is 2.28. The van der Waals surface area contributed by atoms with E-state index in [-0.39, 0.29) is 34.5 Å². The molecule has 0 fully saturated rings. The van der Waals surface area contributed by atoms with Crippen LogP contribution in [0.4, 0.5) is 0 Å². The maximum absolute atomic E-state index is 12.2. The molecular weight excluding hydrogens is 409 g/mol. The van der Waals surface area contributed by atoms with Gasteiger partial charge < -0.3 is 4.74 Å². The Morgan fingerprint density at radius 1 is 1.00 bits per heavy atom. The molecule has 0 radical (unpaired) electrons. The molecule has 1 N–H and O–H groups in total. The third-order valence-electron chi connectivity index (χ3n) is 3.12. The second kappa shape index (κ2) is 8.87. The zero-order valence-corrected chi connectivity index (χ0v) is 15.9. The Kier molecular flexibility index (Phi) is 7.10. The van der Waals surface area contributed by atoms with Gasteiger partial charge in [0.05, 0.1) is 16.5 Å². The molecule has 0 atom stereocenters. The van der Waals surface area contributed by atoms with Crippen LogP contribution in [0.15, 0.2) is 47.4 Å². The van der Waals surface area contributed by atoms with Gasteiger partial charge in [-0.1, -0.05) is 53.0 Å². The molecule has 2 aromatic rings. The van der Waals surface area contributed by atoms with Crippen LogP contribution in [0, 0.1) is 0 Å². The highest BCUT2D eigenvalue weighted by molar-refractivity contribution is 7.89. The van der Waals surface area contributed by atoms with Gasteiger partial charge in [0.15, 0.2) is 0 Å². The lowest BCUT2D eigenvalue weighted by atomic mass is 10.2. The van der Waals surface area contributed by atoms with E-state index in [1.165, 1.54) is 18.2 Å². The summed E-state index contributed by atoms with van der Waals surface area (Å²) >= 11 is 17.5. The molecule has 5 nitrogen and oxygen atoms in total. The Morgan fingerprint density at radius 3 is 2.20 bits per heavy atom. The summed E-state index contributed by atoms with van der Waals surface area (Å²) in [7, 11) is -3.93. The summed E-state index contributed by atoms with van der Waals surface area (Å²) in [6, 6.07) is 11.2. The Morgan fingerprint density at radius 2 is 1.60 bits per heavy atom. The molecule has 2 rings (SSSR count). The maximum Gasteiger partial charge on any atom is 0.307 e. The highest BCUT2D eigenvalue weighted by atomic mass is 35.5. The van der Waals surface area contributed by atoms with Gasteiger partial charge in [-0.3, -0.25) is 4.79 Å². The van der Waals surface area contributed by atoms with E-state index < -0.39 is 16.0 Å². The van der Waals surface area contributed by atoms with Crippen molar-refractivity contribution in [3.05, 3.63) is 63.1 Å². The lowest BCUT2D eigenvalue weighted by Crippen LogP contribution is -2.27. The molecule has 0 spiro atoms. The summed E-state index contributed by atoms with van der Waals surface area (Å²) in [5, 5.41) is 0.596. The lowest BCUT2D eigenvalue weighted by molar-refractivity contribution is -0.144. The monoisotopic (exact) mass is 421 g/mol. The van der Waals surface area contributed by atoms with E-state index in [1.807, 2.05) is 0 Å².